The summed E-state index contributed by atoms with van der Waals surface area (Å²) in [6.07, 6.45) is 1.52. The average Bonchev–Trinajstić information content (AvgIpc) is 2.88. The number of aliphatic hydroxyl groups excluding tert-OH is 1. The van der Waals surface area contributed by atoms with Gasteiger partial charge in [0.1, 0.15) is 0 Å². The molecule has 0 aromatic carbocycles. The van der Waals surface area contributed by atoms with Gasteiger partial charge in [0.2, 0.25) is 5.76 Å². The molecule has 2 heterocycles. The number of piperidine rings is 1. The quantitative estimate of drug-likeness (QED) is 0.832. The normalized spacial score (nSPS) is 16.8. The van der Waals surface area contributed by atoms with Crippen LogP contribution >= 0.6 is 0 Å². The molecule has 0 aliphatic carbocycles. The van der Waals surface area contributed by atoms with E-state index in [1.165, 1.54) is 12.1 Å². The number of nitrogens with zero attached hydrogens (tertiary/aromatic N) is 1. The van der Waals surface area contributed by atoms with Crippen molar-refractivity contribution in [3.05, 3.63) is 23.7 Å². The fourth-order valence-electron chi connectivity index (χ4n) is 2.04. The van der Waals surface area contributed by atoms with E-state index in [1.807, 2.05) is 0 Å². The van der Waals surface area contributed by atoms with E-state index >= 15 is 0 Å². The molecule has 2 rings (SSSR count). The van der Waals surface area contributed by atoms with E-state index in [9.17, 15) is 9.59 Å². The van der Waals surface area contributed by atoms with Crippen LogP contribution in [0.5, 0.6) is 0 Å². The van der Waals surface area contributed by atoms with Crippen molar-refractivity contribution in [2.75, 3.05) is 19.7 Å². The topological polar surface area (TPSA) is 91.0 Å². The number of hydrogen-bond donors (Lipinski definition) is 2. The number of hydrogen-bond acceptors (Lipinski definition) is 4. The lowest BCUT2D eigenvalue weighted by molar-refractivity contribution is 0.0603. The van der Waals surface area contributed by atoms with E-state index in [0.29, 0.717) is 13.1 Å². The van der Waals surface area contributed by atoms with Gasteiger partial charge < -0.3 is 19.5 Å². The molecular weight excluding hydrogens is 238 g/mol. The molecule has 0 atom stereocenters. The predicted molar refractivity (Wildman–Crippen MR) is 61.4 cm³/mol. The first-order valence-corrected chi connectivity index (χ1v) is 5.85. The van der Waals surface area contributed by atoms with Crippen molar-refractivity contribution in [2.24, 2.45) is 5.92 Å². The van der Waals surface area contributed by atoms with Crippen molar-refractivity contribution in [1.82, 2.24) is 4.90 Å². The average molecular weight is 253 g/mol. The number of aliphatic hydroxyl groups is 1. The van der Waals surface area contributed by atoms with Gasteiger partial charge in [-0.15, -0.1) is 0 Å². The Kier molecular flexibility index (Phi) is 3.66. The smallest absolute Gasteiger partial charge is 0.371 e. The highest BCUT2D eigenvalue weighted by Crippen LogP contribution is 2.19. The van der Waals surface area contributed by atoms with E-state index in [-0.39, 0.29) is 30.0 Å². The molecule has 2 N–H and O–H groups in total. The number of rotatable bonds is 3. The molecule has 0 bridgehead atoms. The monoisotopic (exact) mass is 253 g/mol. The van der Waals surface area contributed by atoms with Crippen LogP contribution in [0.1, 0.15) is 34.0 Å². The number of aromatic carboxylic acids is 1. The second-order valence-corrected chi connectivity index (χ2v) is 4.39. The molecule has 6 nitrogen and oxygen atoms in total. The van der Waals surface area contributed by atoms with Crippen molar-refractivity contribution >= 4 is 11.9 Å². The Bertz CT molecular complexity index is 445. The molecular formula is C12H15NO5. The van der Waals surface area contributed by atoms with Gasteiger partial charge in [-0.25, -0.2) is 4.79 Å². The maximum atomic E-state index is 12.0. The Morgan fingerprint density at radius 3 is 2.39 bits per heavy atom. The molecule has 1 saturated heterocycles. The summed E-state index contributed by atoms with van der Waals surface area (Å²) in [6.45, 7) is 1.27. The molecule has 1 aromatic rings. The van der Waals surface area contributed by atoms with Crippen LogP contribution in [0.3, 0.4) is 0 Å². The van der Waals surface area contributed by atoms with Crippen molar-refractivity contribution in [1.29, 1.82) is 0 Å². The van der Waals surface area contributed by atoms with E-state index in [2.05, 4.69) is 0 Å². The highest BCUT2D eigenvalue weighted by atomic mass is 16.4. The minimum atomic E-state index is -1.19. The maximum absolute atomic E-state index is 12.0. The Hall–Kier alpha value is -1.82. The standard InChI is InChI=1S/C12H15NO5/c14-7-8-3-5-13(6-4-8)11(15)9-1-2-10(18-9)12(16)17/h1-2,8,14H,3-7H2,(H,16,17). The van der Waals surface area contributed by atoms with E-state index in [4.69, 9.17) is 14.6 Å². The van der Waals surface area contributed by atoms with Crippen LogP contribution in [0.25, 0.3) is 0 Å². The van der Waals surface area contributed by atoms with Crippen LogP contribution in [-0.4, -0.2) is 46.7 Å². The highest BCUT2D eigenvalue weighted by molar-refractivity contribution is 5.93. The number of amides is 1. The number of carboxylic acids is 1. The molecule has 1 aliphatic heterocycles. The van der Waals surface area contributed by atoms with Crippen LogP contribution in [0, 0.1) is 5.92 Å². The first kappa shape index (κ1) is 12.6. The second-order valence-electron chi connectivity index (χ2n) is 4.39. The Balaban J connectivity index is 2.01. The van der Waals surface area contributed by atoms with Gasteiger partial charge in [-0.2, -0.15) is 0 Å². The first-order valence-electron chi connectivity index (χ1n) is 5.85. The third-order valence-corrected chi connectivity index (χ3v) is 3.19. The zero-order valence-electron chi connectivity index (χ0n) is 9.83. The minimum Gasteiger partial charge on any atom is -0.475 e. The molecule has 0 spiro atoms. The lowest BCUT2D eigenvalue weighted by Gasteiger charge is -2.30. The SMILES string of the molecule is O=C(O)c1ccc(C(=O)N2CCC(CO)CC2)o1. The lowest BCUT2D eigenvalue weighted by Crippen LogP contribution is -2.39. The number of furan rings is 1. The molecule has 1 fully saturated rings. The summed E-state index contributed by atoms with van der Waals surface area (Å²) in [7, 11) is 0. The van der Waals surface area contributed by atoms with Crippen LogP contribution in [-0.2, 0) is 0 Å². The molecule has 0 unspecified atom stereocenters. The fraction of sp³-hybridized carbons (Fsp3) is 0.500. The molecule has 98 valence electrons. The number of carbonyl (C=O) groups is 2. The summed E-state index contributed by atoms with van der Waals surface area (Å²) in [5.41, 5.74) is 0. The van der Waals surface area contributed by atoms with Crippen molar-refractivity contribution in [3.8, 4) is 0 Å². The summed E-state index contributed by atoms with van der Waals surface area (Å²) < 4.78 is 4.97. The van der Waals surface area contributed by atoms with Crippen molar-refractivity contribution < 1.29 is 24.2 Å². The molecule has 1 aromatic heterocycles. The van der Waals surface area contributed by atoms with Crippen LogP contribution in [0.15, 0.2) is 16.5 Å². The molecule has 0 saturated carbocycles. The van der Waals surface area contributed by atoms with Gasteiger partial charge in [0.25, 0.3) is 5.91 Å². The number of carbonyl (C=O) groups excluding carboxylic acids is 1. The van der Waals surface area contributed by atoms with Gasteiger partial charge in [-0.05, 0) is 30.9 Å². The summed E-state index contributed by atoms with van der Waals surface area (Å²) in [4.78, 5) is 24.3. The number of carboxylic acid groups (broad SMARTS) is 1. The first-order chi connectivity index (χ1) is 8.61. The van der Waals surface area contributed by atoms with Gasteiger partial charge in [0, 0.05) is 19.7 Å². The zero-order chi connectivity index (χ0) is 13.1. The minimum absolute atomic E-state index is 0.0508. The van der Waals surface area contributed by atoms with Crippen LogP contribution in [0.2, 0.25) is 0 Å². The predicted octanol–water partition coefficient (Wildman–Crippen LogP) is 0.822. The summed E-state index contributed by atoms with van der Waals surface area (Å²) >= 11 is 0. The number of likely N-dealkylation sites (tertiary alicyclic amines) is 1. The third-order valence-electron chi connectivity index (χ3n) is 3.19. The largest absolute Gasteiger partial charge is 0.475 e. The van der Waals surface area contributed by atoms with E-state index in [1.54, 1.807) is 4.90 Å². The lowest BCUT2D eigenvalue weighted by atomic mass is 9.98. The van der Waals surface area contributed by atoms with Crippen LogP contribution < -0.4 is 0 Å². The third kappa shape index (κ3) is 2.53. The van der Waals surface area contributed by atoms with Gasteiger partial charge >= 0.3 is 5.97 Å². The van der Waals surface area contributed by atoms with Gasteiger partial charge in [0.15, 0.2) is 5.76 Å². The van der Waals surface area contributed by atoms with Gasteiger partial charge in [0.05, 0.1) is 0 Å². The Morgan fingerprint density at radius 2 is 1.89 bits per heavy atom. The van der Waals surface area contributed by atoms with E-state index < -0.39 is 5.97 Å². The molecule has 1 aliphatic rings. The van der Waals surface area contributed by atoms with Crippen molar-refractivity contribution in [3.63, 3.8) is 0 Å². The van der Waals surface area contributed by atoms with Crippen molar-refractivity contribution in [2.45, 2.75) is 12.8 Å². The highest BCUT2D eigenvalue weighted by Gasteiger charge is 2.25. The van der Waals surface area contributed by atoms with Crippen LogP contribution in [0.4, 0.5) is 0 Å². The zero-order valence-corrected chi connectivity index (χ0v) is 9.83. The van der Waals surface area contributed by atoms with Gasteiger partial charge in [-0.1, -0.05) is 0 Å². The Labute approximate surface area is 104 Å². The summed E-state index contributed by atoms with van der Waals surface area (Å²) in [6, 6.07) is 2.65. The summed E-state index contributed by atoms with van der Waals surface area (Å²) in [5, 5.41) is 17.7. The second kappa shape index (κ2) is 5.22. The molecule has 1 amide bonds. The van der Waals surface area contributed by atoms with E-state index in [0.717, 1.165) is 12.8 Å². The molecule has 6 heteroatoms. The molecule has 18 heavy (non-hydrogen) atoms. The summed E-state index contributed by atoms with van der Waals surface area (Å²) in [5.74, 6) is -1.41. The fourth-order valence-corrected chi connectivity index (χ4v) is 2.04. The maximum Gasteiger partial charge on any atom is 0.371 e. The van der Waals surface area contributed by atoms with Gasteiger partial charge in [-0.3, -0.25) is 4.79 Å². The Morgan fingerprint density at radius 1 is 1.28 bits per heavy atom. The molecule has 0 radical (unpaired) electrons.